The quantitative estimate of drug-likeness (QED) is 0.337. The van der Waals surface area contributed by atoms with Gasteiger partial charge in [-0.25, -0.2) is 4.79 Å². The van der Waals surface area contributed by atoms with E-state index in [0.717, 1.165) is 63.8 Å². The molecule has 35 heavy (non-hydrogen) atoms. The van der Waals surface area contributed by atoms with Gasteiger partial charge in [0, 0.05) is 37.0 Å². The Hall–Kier alpha value is -3.49. The number of hydrogen-bond acceptors (Lipinski definition) is 4. The molecule has 0 saturated carbocycles. The fraction of sp³-hybridized carbons (Fsp3) is 0.370. The summed E-state index contributed by atoms with van der Waals surface area (Å²) in [6.07, 6.45) is 4.06. The maximum absolute atomic E-state index is 12.6. The number of benzene rings is 2. The van der Waals surface area contributed by atoms with Crippen molar-refractivity contribution in [2.75, 3.05) is 31.5 Å². The molecule has 2 amide bonds. The van der Waals surface area contributed by atoms with Crippen molar-refractivity contribution in [1.82, 2.24) is 15.2 Å². The molecule has 3 aromatic rings. The van der Waals surface area contributed by atoms with E-state index in [9.17, 15) is 9.59 Å². The summed E-state index contributed by atoms with van der Waals surface area (Å²) in [4.78, 5) is 33.7. The standard InChI is InChI=1S/C27H32N6O2/c28-26(32-27(35)30-23-8-2-6-20-9-10-24(34)31-25(20)23)21-7-3-14-33(17-21)15-12-19-5-1-4-18-11-13-29-16-22(18)19/h1-2,4-6,8-10,21,29H,3,7,11-17H2,(H,31,34)(H3,28,30,32,35). The minimum absolute atomic E-state index is 0.0492. The topological polar surface area (TPSA) is 116 Å². The van der Waals surface area contributed by atoms with Crippen molar-refractivity contribution in [2.45, 2.75) is 32.2 Å². The Labute approximate surface area is 204 Å². The Balaban J connectivity index is 1.21. The van der Waals surface area contributed by atoms with Gasteiger partial charge in [0.25, 0.3) is 0 Å². The van der Waals surface area contributed by atoms with E-state index in [4.69, 9.17) is 5.73 Å². The van der Waals surface area contributed by atoms with Gasteiger partial charge in [0.15, 0.2) is 0 Å². The summed E-state index contributed by atoms with van der Waals surface area (Å²) in [6.45, 7) is 4.81. The highest BCUT2D eigenvalue weighted by Gasteiger charge is 2.24. The smallest absolute Gasteiger partial charge is 0.347 e. The van der Waals surface area contributed by atoms with Crippen LogP contribution < -0.4 is 21.9 Å². The van der Waals surface area contributed by atoms with E-state index in [1.807, 2.05) is 12.1 Å². The SMILES string of the molecule is N/C(=N\C(=O)Nc1cccc2ccc(=O)[nH]c12)C1CCCN(CCc2cccc3c2CNCC3)C1. The summed E-state index contributed by atoms with van der Waals surface area (Å²) >= 11 is 0. The van der Waals surface area contributed by atoms with E-state index in [1.165, 1.54) is 22.8 Å². The van der Waals surface area contributed by atoms with Crippen molar-refractivity contribution in [1.29, 1.82) is 0 Å². The van der Waals surface area contributed by atoms with E-state index in [1.54, 1.807) is 12.1 Å². The number of aromatic nitrogens is 1. The molecule has 0 radical (unpaired) electrons. The van der Waals surface area contributed by atoms with E-state index >= 15 is 0 Å². The molecule has 8 heteroatoms. The lowest BCUT2D eigenvalue weighted by atomic mass is 9.93. The van der Waals surface area contributed by atoms with Gasteiger partial charge in [-0.05, 0) is 67.6 Å². The Morgan fingerprint density at radius 2 is 2.06 bits per heavy atom. The van der Waals surface area contributed by atoms with E-state index in [-0.39, 0.29) is 11.5 Å². The van der Waals surface area contributed by atoms with Gasteiger partial charge in [-0.3, -0.25) is 4.79 Å². The van der Waals surface area contributed by atoms with E-state index < -0.39 is 6.03 Å². The number of fused-ring (bicyclic) bond motifs is 2. The van der Waals surface area contributed by atoms with Crippen LogP contribution in [0.1, 0.15) is 29.5 Å². The molecule has 0 aliphatic carbocycles. The van der Waals surface area contributed by atoms with Crippen LogP contribution in [0.15, 0.2) is 58.3 Å². The molecular formula is C27H32N6O2. The van der Waals surface area contributed by atoms with Gasteiger partial charge in [-0.2, -0.15) is 4.99 Å². The summed E-state index contributed by atoms with van der Waals surface area (Å²) in [5.74, 6) is 0.412. The van der Waals surface area contributed by atoms with Crippen molar-refractivity contribution >= 4 is 28.5 Å². The number of H-pyrrole nitrogens is 1. The van der Waals surface area contributed by atoms with Crippen LogP contribution in [0.4, 0.5) is 10.5 Å². The molecule has 5 rings (SSSR count). The predicted octanol–water partition coefficient (Wildman–Crippen LogP) is 3.02. The van der Waals surface area contributed by atoms with Crippen LogP contribution >= 0.6 is 0 Å². The first-order valence-corrected chi connectivity index (χ1v) is 12.4. The predicted molar refractivity (Wildman–Crippen MR) is 140 cm³/mol. The second kappa shape index (κ2) is 10.4. The number of nitrogens with zero attached hydrogens (tertiary/aromatic N) is 2. The molecule has 1 fully saturated rings. The lowest BCUT2D eigenvalue weighted by molar-refractivity contribution is 0.205. The highest BCUT2D eigenvalue weighted by atomic mass is 16.2. The number of aromatic amines is 1. The van der Waals surface area contributed by atoms with Crippen molar-refractivity contribution in [3.05, 3.63) is 75.6 Å². The number of hydrogen-bond donors (Lipinski definition) is 4. The van der Waals surface area contributed by atoms with Crippen molar-refractivity contribution in [3.8, 4) is 0 Å². The Kier molecular flexibility index (Phi) is 6.92. The van der Waals surface area contributed by atoms with Gasteiger partial charge >= 0.3 is 6.03 Å². The second-order valence-corrected chi connectivity index (χ2v) is 9.43. The zero-order valence-corrected chi connectivity index (χ0v) is 19.8. The first-order valence-electron chi connectivity index (χ1n) is 12.4. The highest BCUT2D eigenvalue weighted by Crippen LogP contribution is 2.22. The molecule has 8 nitrogen and oxygen atoms in total. The molecule has 5 N–H and O–H groups in total. The fourth-order valence-electron chi connectivity index (χ4n) is 5.23. The number of urea groups is 1. The molecule has 182 valence electrons. The van der Waals surface area contributed by atoms with Crippen LogP contribution in [0.25, 0.3) is 10.9 Å². The van der Waals surface area contributed by atoms with Crippen LogP contribution in [0.5, 0.6) is 0 Å². The number of likely N-dealkylation sites (tertiary alicyclic amines) is 1. The highest BCUT2D eigenvalue weighted by molar-refractivity contribution is 6.04. The lowest BCUT2D eigenvalue weighted by Gasteiger charge is -2.32. The van der Waals surface area contributed by atoms with Gasteiger partial charge in [0.1, 0.15) is 5.84 Å². The zero-order chi connectivity index (χ0) is 24.2. The normalized spacial score (nSPS) is 18.9. The lowest BCUT2D eigenvalue weighted by Crippen LogP contribution is -2.42. The van der Waals surface area contributed by atoms with Crippen LogP contribution in [0.3, 0.4) is 0 Å². The third kappa shape index (κ3) is 5.44. The molecular weight excluding hydrogens is 440 g/mol. The molecule has 2 aromatic carbocycles. The molecule has 1 atom stereocenters. The van der Waals surface area contributed by atoms with Crippen LogP contribution in [-0.4, -0.2) is 47.9 Å². The summed E-state index contributed by atoms with van der Waals surface area (Å²) in [5, 5.41) is 7.09. The molecule has 2 aliphatic heterocycles. The summed E-state index contributed by atoms with van der Waals surface area (Å²) in [7, 11) is 0. The number of amides is 2. The van der Waals surface area contributed by atoms with Gasteiger partial charge in [0.05, 0.1) is 11.2 Å². The van der Waals surface area contributed by atoms with Gasteiger partial charge in [0.2, 0.25) is 5.56 Å². The van der Waals surface area contributed by atoms with Gasteiger partial charge in [-0.1, -0.05) is 30.3 Å². The second-order valence-electron chi connectivity index (χ2n) is 9.43. The van der Waals surface area contributed by atoms with E-state index in [2.05, 4.69) is 43.7 Å². The number of carbonyl (C=O) groups is 1. The monoisotopic (exact) mass is 472 g/mol. The molecule has 0 spiro atoms. The third-order valence-corrected chi connectivity index (χ3v) is 7.10. The fourth-order valence-corrected chi connectivity index (χ4v) is 5.23. The maximum Gasteiger partial charge on any atom is 0.347 e. The van der Waals surface area contributed by atoms with E-state index in [0.29, 0.717) is 17.0 Å². The largest absolute Gasteiger partial charge is 0.387 e. The zero-order valence-electron chi connectivity index (χ0n) is 19.8. The average molecular weight is 473 g/mol. The Bertz CT molecular complexity index is 1310. The Morgan fingerprint density at radius 3 is 2.97 bits per heavy atom. The third-order valence-electron chi connectivity index (χ3n) is 7.10. The maximum atomic E-state index is 12.6. The van der Waals surface area contributed by atoms with Crippen molar-refractivity contribution in [2.24, 2.45) is 16.6 Å². The molecule has 1 aromatic heterocycles. The summed E-state index contributed by atoms with van der Waals surface area (Å²) in [6, 6.07) is 14.7. The molecule has 2 aliphatic rings. The van der Waals surface area contributed by atoms with Crippen LogP contribution in [-0.2, 0) is 19.4 Å². The number of para-hydroxylation sites is 1. The molecule has 0 bridgehead atoms. The van der Waals surface area contributed by atoms with Crippen molar-refractivity contribution in [3.63, 3.8) is 0 Å². The van der Waals surface area contributed by atoms with Crippen molar-refractivity contribution < 1.29 is 4.79 Å². The van der Waals surface area contributed by atoms with Gasteiger partial charge in [-0.15, -0.1) is 0 Å². The number of aliphatic imine (C=N–C) groups is 1. The van der Waals surface area contributed by atoms with Crippen LogP contribution in [0, 0.1) is 5.92 Å². The number of piperidine rings is 1. The van der Waals surface area contributed by atoms with Gasteiger partial charge < -0.3 is 26.3 Å². The average Bonchev–Trinajstić information content (AvgIpc) is 2.88. The summed E-state index contributed by atoms with van der Waals surface area (Å²) < 4.78 is 0. The minimum Gasteiger partial charge on any atom is -0.387 e. The first kappa shape index (κ1) is 23.3. The number of rotatable bonds is 5. The minimum atomic E-state index is -0.528. The first-order chi connectivity index (χ1) is 17.1. The number of carbonyl (C=O) groups excluding carboxylic acids is 1. The molecule has 1 unspecified atom stereocenters. The number of nitrogens with one attached hydrogen (secondary N) is 3. The Morgan fingerprint density at radius 1 is 1.17 bits per heavy atom. The molecule has 1 saturated heterocycles. The van der Waals surface area contributed by atoms with Crippen LogP contribution in [0.2, 0.25) is 0 Å². The summed E-state index contributed by atoms with van der Waals surface area (Å²) in [5.41, 5.74) is 11.5. The number of pyridine rings is 1. The number of amidine groups is 1. The number of nitrogens with two attached hydrogens (primary N) is 1. The molecule has 3 heterocycles. The number of anilines is 1.